The van der Waals surface area contributed by atoms with Gasteiger partial charge < -0.3 is 5.32 Å². The van der Waals surface area contributed by atoms with E-state index in [-0.39, 0.29) is 16.3 Å². The van der Waals surface area contributed by atoms with Gasteiger partial charge in [-0.05, 0) is 24.3 Å². The highest BCUT2D eigenvalue weighted by Crippen LogP contribution is 2.30. The second-order valence-electron chi connectivity index (χ2n) is 6.36. The van der Waals surface area contributed by atoms with Gasteiger partial charge in [0.2, 0.25) is 0 Å². The smallest absolute Gasteiger partial charge is 0.288 e. The number of rotatable bonds is 5. The number of carbonyl (C=O) groups excluding carboxylic acids is 1. The lowest BCUT2D eigenvalue weighted by Gasteiger charge is -2.07. The van der Waals surface area contributed by atoms with Crippen LogP contribution in [-0.4, -0.2) is 15.8 Å². The Morgan fingerprint density at radius 3 is 2.53 bits per heavy atom. The van der Waals surface area contributed by atoms with E-state index in [9.17, 15) is 14.9 Å². The Balaban J connectivity index is 1.56. The molecule has 30 heavy (non-hydrogen) atoms. The van der Waals surface area contributed by atoms with E-state index in [1.54, 1.807) is 17.4 Å². The van der Waals surface area contributed by atoms with Gasteiger partial charge in [0.05, 0.1) is 10.6 Å². The van der Waals surface area contributed by atoms with Crippen molar-refractivity contribution in [1.29, 1.82) is 0 Å². The molecule has 0 spiro atoms. The van der Waals surface area contributed by atoms with Crippen molar-refractivity contribution in [2.45, 2.75) is 0 Å². The summed E-state index contributed by atoms with van der Waals surface area (Å²) >= 11 is 7.36. The Labute approximate surface area is 180 Å². The van der Waals surface area contributed by atoms with E-state index in [1.807, 2.05) is 53.9 Å². The fourth-order valence-electron chi connectivity index (χ4n) is 2.87. The highest BCUT2D eigenvalue weighted by atomic mass is 35.5. The standard InChI is InChI=1S/C22H14ClN3O3S/c23-18-10-9-16(12-20(18)26(28)29)21(27)24-17-8-4-7-15(11-17)19-13-30-22(25-19)14-5-2-1-3-6-14/h1-13H,(H,24,27). The van der Waals surface area contributed by atoms with Crippen LogP contribution in [0.4, 0.5) is 11.4 Å². The van der Waals surface area contributed by atoms with Crippen LogP contribution < -0.4 is 5.32 Å². The first-order chi connectivity index (χ1) is 14.5. The van der Waals surface area contributed by atoms with Gasteiger partial charge in [-0.1, -0.05) is 54.1 Å². The highest BCUT2D eigenvalue weighted by molar-refractivity contribution is 7.13. The lowest BCUT2D eigenvalue weighted by Crippen LogP contribution is -2.12. The van der Waals surface area contributed by atoms with Crippen molar-refractivity contribution >= 4 is 40.2 Å². The third-order valence-electron chi connectivity index (χ3n) is 4.35. The van der Waals surface area contributed by atoms with Gasteiger partial charge in [-0.25, -0.2) is 4.98 Å². The zero-order chi connectivity index (χ0) is 21.1. The molecular weight excluding hydrogens is 422 g/mol. The van der Waals surface area contributed by atoms with Gasteiger partial charge in [0.25, 0.3) is 11.6 Å². The third kappa shape index (κ3) is 4.22. The Morgan fingerprint density at radius 2 is 1.77 bits per heavy atom. The van der Waals surface area contributed by atoms with Gasteiger partial charge >= 0.3 is 0 Å². The molecule has 1 N–H and O–H groups in total. The number of thiazole rings is 1. The molecular formula is C22H14ClN3O3S. The minimum Gasteiger partial charge on any atom is -0.322 e. The summed E-state index contributed by atoms with van der Waals surface area (Å²) in [6.45, 7) is 0. The van der Waals surface area contributed by atoms with Crippen LogP contribution in [0.2, 0.25) is 5.02 Å². The quantitative estimate of drug-likeness (QED) is 0.295. The molecule has 148 valence electrons. The van der Waals surface area contributed by atoms with E-state index in [1.165, 1.54) is 12.1 Å². The summed E-state index contributed by atoms with van der Waals surface area (Å²) in [6.07, 6.45) is 0. The van der Waals surface area contributed by atoms with Crippen molar-refractivity contribution in [2.75, 3.05) is 5.32 Å². The third-order valence-corrected chi connectivity index (χ3v) is 5.56. The van der Waals surface area contributed by atoms with E-state index in [0.717, 1.165) is 27.9 Å². The van der Waals surface area contributed by atoms with Crippen LogP contribution in [0, 0.1) is 10.1 Å². The van der Waals surface area contributed by atoms with Crippen molar-refractivity contribution in [3.8, 4) is 21.8 Å². The van der Waals surface area contributed by atoms with Crippen molar-refractivity contribution < 1.29 is 9.72 Å². The molecule has 0 saturated heterocycles. The highest BCUT2D eigenvalue weighted by Gasteiger charge is 2.16. The lowest BCUT2D eigenvalue weighted by atomic mass is 10.1. The number of anilines is 1. The van der Waals surface area contributed by atoms with Crippen LogP contribution >= 0.6 is 22.9 Å². The topological polar surface area (TPSA) is 85.1 Å². The summed E-state index contributed by atoms with van der Waals surface area (Å²) in [4.78, 5) is 27.7. The molecule has 0 unspecified atom stereocenters. The molecule has 0 aliphatic rings. The zero-order valence-corrected chi connectivity index (χ0v) is 17.0. The fraction of sp³-hybridized carbons (Fsp3) is 0. The van der Waals surface area contributed by atoms with Gasteiger partial charge in [-0.2, -0.15) is 0 Å². The lowest BCUT2D eigenvalue weighted by molar-refractivity contribution is -0.384. The number of carbonyl (C=O) groups is 1. The minimum absolute atomic E-state index is 0.0173. The molecule has 0 saturated carbocycles. The first-order valence-corrected chi connectivity index (χ1v) is 10.1. The Kier molecular flexibility index (Phi) is 5.56. The minimum atomic E-state index is -0.619. The number of halogens is 1. The molecule has 6 nitrogen and oxygen atoms in total. The number of benzene rings is 3. The van der Waals surface area contributed by atoms with Gasteiger partial charge in [0.1, 0.15) is 10.0 Å². The first kappa shape index (κ1) is 19.8. The summed E-state index contributed by atoms with van der Waals surface area (Å²) < 4.78 is 0. The molecule has 0 radical (unpaired) electrons. The van der Waals surface area contributed by atoms with Crippen molar-refractivity contribution in [3.63, 3.8) is 0 Å². The average molecular weight is 436 g/mol. The van der Waals surface area contributed by atoms with E-state index in [2.05, 4.69) is 10.3 Å². The van der Waals surface area contributed by atoms with E-state index >= 15 is 0 Å². The number of hydrogen-bond donors (Lipinski definition) is 1. The molecule has 1 amide bonds. The first-order valence-electron chi connectivity index (χ1n) is 8.88. The second-order valence-corrected chi connectivity index (χ2v) is 7.63. The number of nitro groups is 1. The van der Waals surface area contributed by atoms with Crippen LogP contribution in [0.1, 0.15) is 10.4 Å². The van der Waals surface area contributed by atoms with Crippen molar-refractivity contribution in [2.24, 2.45) is 0 Å². The largest absolute Gasteiger partial charge is 0.322 e. The maximum Gasteiger partial charge on any atom is 0.288 e. The van der Waals surface area contributed by atoms with Gasteiger partial charge in [-0.15, -0.1) is 11.3 Å². The molecule has 3 aromatic carbocycles. The Morgan fingerprint density at radius 1 is 1.00 bits per heavy atom. The van der Waals surface area contributed by atoms with E-state index < -0.39 is 10.8 Å². The van der Waals surface area contributed by atoms with Crippen LogP contribution in [0.15, 0.2) is 78.2 Å². The molecule has 1 aromatic heterocycles. The Bertz CT molecular complexity index is 1240. The zero-order valence-electron chi connectivity index (χ0n) is 15.4. The number of amides is 1. The SMILES string of the molecule is O=C(Nc1cccc(-c2csc(-c3ccccc3)n2)c1)c1ccc(Cl)c([N+](=O)[O-])c1. The molecule has 8 heteroatoms. The van der Waals surface area contributed by atoms with Gasteiger partial charge in [0, 0.05) is 33.8 Å². The molecule has 4 rings (SSSR count). The van der Waals surface area contributed by atoms with Crippen LogP contribution in [-0.2, 0) is 0 Å². The summed E-state index contributed by atoms with van der Waals surface area (Å²) in [6, 6.07) is 21.1. The molecule has 0 fully saturated rings. The summed E-state index contributed by atoms with van der Waals surface area (Å²) in [5.41, 5.74) is 3.10. The van der Waals surface area contributed by atoms with Crippen molar-refractivity contribution in [1.82, 2.24) is 4.98 Å². The number of nitrogens with zero attached hydrogens (tertiary/aromatic N) is 2. The molecule has 1 heterocycles. The number of aromatic nitrogens is 1. The van der Waals surface area contributed by atoms with Crippen LogP contribution in [0.3, 0.4) is 0 Å². The molecule has 0 aliphatic heterocycles. The summed E-state index contributed by atoms with van der Waals surface area (Å²) in [5.74, 6) is -0.463. The van der Waals surface area contributed by atoms with Crippen LogP contribution in [0.25, 0.3) is 21.8 Å². The number of nitro benzene ring substituents is 1. The molecule has 4 aromatic rings. The summed E-state index contributed by atoms with van der Waals surface area (Å²) in [7, 11) is 0. The maximum atomic E-state index is 12.5. The van der Waals surface area contributed by atoms with E-state index in [0.29, 0.717) is 5.69 Å². The van der Waals surface area contributed by atoms with E-state index in [4.69, 9.17) is 11.6 Å². The normalized spacial score (nSPS) is 10.6. The second kappa shape index (κ2) is 8.44. The predicted octanol–water partition coefficient (Wildman–Crippen LogP) is 6.29. The van der Waals surface area contributed by atoms with Gasteiger partial charge in [0.15, 0.2) is 0 Å². The Hall–Kier alpha value is -3.55. The number of hydrogen-bond acceptors (Lipinski definition) is 5. The van der Waals surface area contributed by atoms with Crippen molar-refractivity contribution in [3.05, 3.63) is 98.9 Å². The molecule has 0 bridgehead atoms. The summed E-state index contributed by atoms with van der Waals surface area (Å²) in [5, 5.41) is 16.7. The predicted molar refractivity (Wildman–Crippen MR) is 119 cm³/mol. The monoisotopic (exact) mass is 435 g/mol. The maximum absolute atomic E-state index is 12.5. The number of nitrogens with one attached hydrogen (secondary N) is 1. The molecule has 0 atom stereocenters. The fourth-order valence-corrected chi connectivity index (χ4v) is 3.89. The van der Waals surface area contributed by atoms with Crippen LogP contribution in [0.5, 0.6) is 0 Å². The average Bonchev–Trinajstić information content (AvgIpc) is 3.25. The van der Waals surface area contributed by atoms with Gasteiger partial charge in [-0.3, -0.25) is 14.9 Å². The molecule has 0 aliphatic carbocycles.